The van der Waals surface area contributed by atoms with Gasteiger partial charge in [0.25, 0.3) is 0 Å². The topological polar surface area (TPSA) is 72.6 Å². The van der Waals surface area contributed by atoms with Crippen LogP contribution in [0.4, 0.5) is 5.69 Å². The highest BCUT2D eigenvalue weighted by Crippen LogP contribution is 2.20. The van der Waals surface area contributed by atoms with Gasteiger partial charge in [0.2, 0.25) is 10.0 Å². The summed E-state index contributed by atoms with van der Waals surface area (Å²) in [6, 6.07) is 4.80. The molecule has 0 aliphatic rings. The third-order valence-corrected chi connectivity index (χ3v) is 4.43. The number of nitrogens with two attached hydrogens (primary N) is 1. The molecule has 0 saturated heterocycles. The first-order valence-corrected chi connectivity index (χ1v) is 7.33. The van der Waals surface area contributed by atoms with Gasteiger partial charge in [0.1, 0.15) is 0 Å². The molecular formula is C13H20N2O3S. The Morgan fingerprint density at radius 3 is 2.63 bits per heavy atom. The largest absolute Gasteiger partial charge is 0.399 e. The van der Waals surface area contributed by atoms with E-state index >= 15 is 0 Å². The Hall–Kier alpha value is -1.37. The third-order valence-electron chi connectivity index (χ3n) is 2.59. The van der Waals surface area contributed by atoms with Crippen LogP contribution in [-0.4, -0.2) is 39.5 Å². The summed E-state index contributed by atoms with van der Waals surface area (Å²) in [5, 5.41) is 0. The summed E-state index contributed by atoms with van der Waals surface area (Å²) in [4.78, 5) is 0.197. The normalized spacial score (nSPS) is 11.7. The van der Waals surface area contributed by atoms with E-state index in [1.165, 1.54) is 17.5 Å². The maximum atomic E-state index is 12.5. The fraction of sp³-hybridized carbons (Fsp3) is 0.385. The van der Waals surface area contributed by atoms with Crippen molar-refractivity contribution in [2.24, 2.45) is 0 Å². The van der Waals surface area contributed by atoms with Crippen LogP contribution in [0.2, 0.25) is 0 Å². The summed E-state index contributed by atoms with van der Waals surface area (Å²) in [5.74, 6) is 0. The number of nitrogens with zero attached hydrogens (tertiary/aromatic N) is 1. The summed E-state index contributed by atoms with van der Waals surface area (Å²) < 4.78 is 31.2. The predicted molar refractivity (Wildman–Crippen MR) is 76.4 cm³/mol. The number of nitrogen functional groups attached to an aromatic ring is 1. The van der Waals surface area contributed by atoms with Crippen LogP contribution >= 0.6 is 0 Å². The first kappa shape index (κ1) is 15.7. The van der Waals surface area contributed by atoms with Crippen LogP contribution in [-0.2, 0) is 14.8 Å². The van der Waals surface area contributed by atoms with Gasteiger partial charge in [0, 0.05) is 25.9 Å². The second-order valence-corrected chi connectivity index (χ2v) is 6.16. The highest BCUT2D eigenvalue weighted by atomic mass is 32.2. The first-order valence-electron chi connectivity index (χ1n) is 5.89. The van der Waals surface area contributed by atoms with Gasteiger partial charge < -0.3 is 10.5 Å². The number of hydrogen-bond acceptors (Lipinski definition) is 4. The lowest BCUT2D eigenvalue weighted by molar-refractivity contribution is 0.182. The van der Waals surface area contributed by atoms with Gasteiger partial charge in [-0.1, -0.05) is 6.08 Å². The summed E-state index contributed by atoms with van der Waals surface area (Å²) in [7, 11) is -2.05. The number of hydrogen-bond donors (Lipinski definition) is 1. The standard InChI is InChI=1S/C13H20N2O3S/c1-4-5-15(6-7-18-3)19(16,17)13-9-11(2)8-12(14)10-13/h4,8-10H,1,5-7,14H2,2-3H3. The Balaban J connectivity index is 3.14. The molecule has 1 rings (SSSR count). The van der Waals surface area contributed by atoms with Crippen molar-refractivity contribution in [2.75, 3.05) is 32.5 Å². The first-order chi connectivity index (χ1) is 8.91. The molecule has 0 saturated carbocycles. The molecule has 0 heterocycles. The van der Waals surface area contributed by atoms with Crippen molar-refractivity contribution in [3.8, 4) is 0 Å². The fourth-order valence-corrected chi connectivity index (χ4v) is 3.26. The van der Waals surface area contributed by atoms with Crippen LogP contribution in [0.1, 0.15) is 5.56 Å². The van der Waals surface area contributed by atoms with Crippen LogP contribution in [0.5, 0.6) is 0 Å². The summed E-state index contributed by atoms with van der Waals surface area (Å²) in [6.45, 7) is 6.23. The van der Waals surface area contributed by atoms with Gasteiger partial charge in [0.15, 0.2) is 0 Å². The number of rotatable bonds is 7. The lowest BCUT2D eigenvalue weighted by atomic mass is 10.2. The molecule has 0 aliphatic carbocycles. The number of benzene rings is 1. The van der Waals surface area contributed by atoms with Gasteiger partial charge in [0.05, 0.1) is 11.5 Å². The Morgan fingerprint density at radius 1 is 1.42 bits per heavy atom. The monoisotopic (exact) mass is 284 g/mol. The van der Waals surface area contributed by atoms with E-state index in [0.29, 0.717) is 12.3 Å². The maximum absolute atomic E-state index is 12.5. The van der Waals surface area contributed by atoms with Crippen LogP contribution in [0.15, 0.2) is 35.7 Å². The van der Waals surface area contributed by atoms with E-state index in [4.69, 9.17) is 10.5 Å². The number of ether oxygens (including phenoxy) is 1. The van der Waals surface area contributed by atoms with Crippen molar-refractivity contribution >= 4 is 15.7 Å². The molecule has 106 valence electrons. The molecule has 1 aromatic carbocycles. The zero-order valence-electron chi connectivity index (χ0n) is 11.3. The summed E-state index contributed by atoms with van der Waals surface area (Å²) in [5.41, 5.74) is 6.95. The Morgan fingerprint density at radius 2 is 2.11 bits per heavy atom. The van der Waals surface area contributed by atoms with Gasteiger partial charge in [-0.05, 0) is 30.7 Å². The zero-order valence-corrected chi connectivity index (χ0v) is 12.1. The average molecular weight is 284 g/mol. The van der Waals surface area contributed by atoms with Crippen molar-refractivity contribution in [3.05, 3.63) is 36.4 Å². The molecule has 0 fully saturated rings. The van der Waals surface area contributed by atoms with Crippen molar-refractivity contribution in [1.82, 2.24) is 4.31 Å². The molecule has 0 unspecified atom stereocenters. The second-order valence-electron chi connectivity index (χ2n) is 4.22. The molecule has 6 heteroatoms. The summed E-state index contributed by atoms with van der Waals surface area (Å²) in [6.07, 6.45) is 1.55. The van der Waals surface area contributed by atoms with E-state index in [1.54, 1.807) is 18.2 Å². The molecule has 19 heavy (non-hydrogen) atoms. The molecule has 0 aliphatic heterocycles. The van der Waals surface area contributed by atoms with E-state index in [1.807, 2.05) is 6.92 Å². The average Bonchev–Trinajstić information content (AvgIpc) is 2.33. The van der Waals surface area contributed by atoms with E-state index in [9.17, 15) is 8.42 Å². The number of anilines is 1. The SMILES string of the molecule is C=CCN(CCOC)S(=O)(=O)c1cc(C)cc(N)c1. The number of sulfonamides is 1. The molecular weight excluding hydrogens is 264 g/mol. The summed E-state index contributed by atoms with van der Waals surface area (Å²) >= 11 is 0. The lowest BCUT2D eigenvalue weighted by Gasteiger charge is -2.20. The highest BCUT2D eigenvalue weighted by molar-refractivity contribution is 7.89. The van der Waals surface area contributed by atoms with Crippen molar-refractivity contribution in [1.29, 1.82) is 0 Å². The van der Waals surface area contributed by atoms with E-state index in [0.717, 1.165) is 5.56 Å². The molecule has 2 N–H and O–H groups in total. The van der Waals surface area contributed by atoms with Crippen LogP contribution in [0.3, 0.4) is 0 Å². The Bertz CT molecular complexity index is 521. The van der Waals surface area contributed by atoms with E-state index < -0.39 is 10.0 Å². The van der Waals surface area contributed by atoms with Gasteiger partial charge >= 0.3 is 0 Å². The van der Waals surface area contributed by atoms with Crippen LogP contribution in [0.25, 0.3) is 0 Å². The quantitative estimate of drug-likeness (QED) is 0.607. The molecule has 0 amide bonds. The number of methoxy groups -OCH3 is 1. The van der Waals surface area contributed by atoms with Crippen LogP contribution in [0, 0.1) is 6.92 Å². The van der Waals surface area contributed by atoms with E-state index in [2.05, 4.69) is 6.58 Å². The molecule has 0 spiro atoms. The molecule has 0 aromatic heterocycles. The molecule has 0 radical (unpaired) electrons. The molecule has 0 atom stereocenters. The Kier molecular flexibility index (Phi) is 5.53. The minimum Gasteiger partial charge on any atom is -0.399 e. The lowest BCUT2D eigenvalue weighted by Crippen LogP contribution is -2.34. The van der Waals surface area contributed by atoms with Gasteiger partial charge in [-0.25, -0.2) is 8.42 Å². The smallest absolute Gasteiger partial charge is 0.243 e. The Labute approximate surface area is 114 Å². The minimum atomic E-state index is -3.58. The number of aryl methyl sites for hydroxylation is 1. The van der Waals surface area contributed by atoms with Gasteiger partial charge in [-0.3, -0.25) is 0 Å². The molecule has 0 bridgehead atoms. The van der Waals surface area contributed by atoms with E-state index in [-0.39, 0.29) is 18.0 Å². The fourth-order valence-electron chi connectivity index (χ4n) is 1.72. The van der Waals surface area contributed by atoms with Crippen molar-refractivity contribution in [2.45, 2.75) is 11.8 Å². The predicted octanol–water partition coefficient (Wildman–Crippen LogP) is 1.40. The third kappa shape index (κ3) is 4.05. The van der Waals surface area contributed by atoms with Gasteiger partial charge in [-0.2, -0.15) is 4.31 Å². The van der Waals surface area contributed by atoms with Crippen LogP contribution < -0.4 is 5.73 Å². The maximum Gasteiger partial charge on any atom is 0.243 e. The highest BCUT2D eigenvalue weighted by Gasteiger charge is 2.23. The molecule has 5 nitrogen and oxygen atoms in total. The van der Waals surface area contributed by atoms with Gasteiger partial charge in [-0.15, -0.1) is 6.58 Å². The van der Waals surface area contributed by atoms with Crippen molar-refractivity contribution < 1.29 is 13.2 Å². The molecule has 1 aromatic rings. The van der Waals surface area contributed by atoms with Crippen molar-refractivity contribution in [3.63, 3.8) is 0 Å². The minimum absolute atomic E-state index is 0.197. The second kappa shape index (κ2) is 6.70. The zero-order chi connectivity index (χ0) is 14.5.